The SMILES string of the molecule is CC.CC.CN1CCCC2(C1)NCC(=O)O2. The number of ether oxygens (including phenoxy) is 1. The van der Waals surface area contributed by atoms with Crippen molar-refractivity contribution in [3.8, 4) is 0 Å². The highest BCUT2D eigenvalue weighted by Crippen LogP contribution is 2.24. The second kappa shape index (κ2) is 7.63. The number of hydrogen-bond acceptors (Lipinski definition) is 4. The maximum Gasteiger partial charge on any atom is 0.321 e. The summed E-state index contributed by atoms with van der Waals surface area (Å²) < 4.78 is 5.27. The zero-order chi connectivity index (χ0) is 12.6. The molecule has 0 aromatic carbocycles. The van der Waals surface area contributed by atoms with Crippen molar-refractivity contribution in [1.82, 2.24) is 10.2 Å². The molecule has 1 unspecified atom stereocenters. The van der Waals surface area contributed by atoms with E-state index in [0.717, 1.165) is 25.9 Å². The molecule has 1 N–H and O–H groups in total. The normalized spacial score (nSPS) is 28.7. The van der Waals surface area contributed by atoms with Crippen LogP contribution in [0.2, 0.25) is 0 Å². The van der Waals surface area contributed by atoms with Crippen molar-refractivity contribution in [2.75, 3.05) is 26.7 Å². The first-order valence-corrected chi connectivity index (χ1v) is 6.36. The van der Waals surface area contributed by atoms with Gasteiger partial charge in [0.1, 0.15) is 0 Å². The van der Waals surface area contributed by atoms with Crippen LogP contribution in [0.1, 0.15) is 40.5 Å². The van der Waals surface area contributed by atoms with Gasteiger partial charge in [0.25, 0.3) is 0 Å². The summed E-state index contributed by atoms with van der Waals surface area (Å²) in [7, 11) is 2.05. The van der Waals surface area contributed by atoms with Gasteiger partial charge in [-0.3, -0.25) is 10.1 Å². The van der Waals surface area contributed by atoms with Gasteiger partial charge in [0, 0.05) is 6.42 Å². The number of esters is 1. The third kappa shape index (κ3) is 4.10. The van der Waals surface area contributed by atoms with Crippen molar-refractivity contribution in [1.29, 1.82) is 0 Å². The Hall–Kier alpha value is -0.610. The lowest BCUT2D eigenvalue weighted by Crippen LogP contribution is -2.53. The molecule has 4 heteroatoms. The van der Waals surface area contributed by atoms with Crippen LogP contribution >= 0.6 is 0 Å². The summed E-state index contributed by atoms with van der Waals surface area (Å²) >= 11 is 0. The molecule has 0 radical (unpaired) electrons. The molecule has 2 aliphatic heterocycles. The number of hydrogen-bond donors (Lipinski definition) is 1. The molecule has 0 bridgehead atoms. The molecule has 1 spiro atoms. The van der Waals surface area contributed by atoms with E-state index in [9.17, 15) is 4.79 Å². The van der Waals surface area contributed by atoms with E-state index in [1.807, 2.05) is 27.7 Å². The molecule has 2 rings (SSSR count). The van der Waals surface area contributed by atoms with Crippen LogP contribution in [-0.2, 0) is 9.53 Å². The van der Waals surface area contributed by atoms with E-state index in [4.69, 9.17) is 4.74 Å². The number of carbonyl (C=O) groups is 1. The minimum absolute atomic E-state index is 0.120. The molecule has 0 aliphatic carbocycles. The highest BCUT2D eigenvalue weighted by molar-refractivity contribution is 5.74. The number of piperidine rings is 1. The molecule has 0 aromatic rings. The minimum Gasteiger partial charge on any atom is -0.442 e. The summed E-state index contributed by atoms with van der Waals surface area (Å²) in [5, 5.41) is 3.14. The maximum atomic E-state index is 10.9. The van der Waals surface area contributed by atoms with E-state index in [1.165, 1.54) is 0 Å². The van der Waals surface area contributed by atoms with Gasteiger partial charge in [0.05, 0.1) is 13.1 Å². The van der Waals surface area contributed by atoms with Crippen molar-refractivity contribution < 1.29 is 9.53 Å². The van der Waals surface area contributed by atoms with Gasteiger partial charge >= 0.3 is 5.97 Å². The van der Waals surface area contributed by atoms with Gasteiger partial charge in [-0.2, -0.15) is 0 Å². The zero-order valence-electron chi connectivity index (χ0n) is 11.3. The first-order valence-electron chi connectivity index (χ1n) is 6.36. The van der Waals surface area contributed by atoms with Crippen molar-refractivity contribution in [2.24, 2.45) is 0 Å². The van der Waals surface area contributed by atoms with Crippen LogP contribution in [0.25, 0.3) is 0 Å². The van der Waals surface area contributed by atoms with Crippen molar-refractivity contribution in [3.63, 3.8) is 0 Å². The van der Waals surface area contributed by atoms with Crippen LogP contribution in [0.15, 0.2) is 0 Å². The Morgan fingerprint density at radius 3 is 2.38 bits per heavy atom. The molecule has 0 amide bonds. The highest BCUT2D eigenvalue weighted by atomic mass is 16.6. The largest absolute Gasteiger partial charge is 0.442 e. The van der Waals surface area contributed by atoms with Crippen LogP contribution in [0, 0.1) is 0 Å². The number of nitrogens with one attached hydrogen (secondary N) is 1. The Bertz CT molecular complexity index is 209. The predicted molar refractivity (Wildman–Crippen MR) is 66.3 cm³/mol. The number of nitrogens with zero attached hydrogens (tertiary/aromatic N) is 1. The monoisotopic (exact) mass is 230 g/mol. The first kappa shape index (κ1) is 15.4. The molecule has 0 saturated carbocycles. The quantitative estimate of drug-likeness (QED) is 0.642. The summed E-state index contributed by atoms with van der Waals surface area (Å²) in [5.74, 6) is -0.120. The van der Waals surface area contributed by atoms with E-state index in [-0.39, 0.29) is 11.7 Å². The third-order valence-corrected chi connectivity index (χ3v) is 2.51. The number of likely N-dealkylation sites (N-methyl/N-ethyl adjacent to an activating group) is 1. The lowest BCUT2D eigenvalue weighted by Gasteiger charge is -2.36. The molecule has 4 nitrogen and oxygen atoms in total. The number of rotatable bonds is 0. The summed E-state index contributed by atoms with van der Waals surface area (Å²) in [6.45, 7) is 10.3. The first-order chi connectivity index (χ1) is 7.70. The Balaban J connectivity index is 0.000000509. The van der Waals surface area contributed by atoms with Gasteiger partial charge in [0.2, 0.25) is 0 Å². The van der Waals surface area contributed by atoms with Crippen molar-refractivity contribution >= 4 is 5.97 Å². The Labute approximate surface area is 99.3 Å². The van der Waals surface area contributed by atoms with Crippen molar-refractivity contribution in [2.45, 2.75) is 46.3 Å². The lowest BCUT2D eigenvalue weighted by atomic mass is 10.0. The highest BCUT2D eigenvalue weighted by Gasteiger charge is 2.42. The maximum absolute atomic E-state index is 10.9. The molecule has 2 heterocycles. The van der Waals surface area contributed by atoms with Crippen LogP contribution in [0.3, 0.4) is 0 Å². The molecule has 2 saturated heterocycles. The number of likely N-dealkylation sites (tertiary alicyclic amines) is 1. The molecule has 16 heavy (non-hydrogen) atoms. The molecular weight excluding hydrogens is 204 g/mol. The fraction of sp³-hybridized carbons (Fsp3) is 0.917. The van der Waals surface area contributed by atoms with Gasteiger partial charge in [-0.25, -0.2) is 0 Å². The van der Waals surface area contributed by atoms with Gasteiger partial charge in [-0.05, 0) is 20.0 Å². The zero-order valence-corrected chi connectivity index (χ0v) is 11.3. The summed E-state index contributed by atoms with van der Waals surface area (Å²) in [5.41, 5.74) is -0.357. The smallest absolute Gasteiger partial charge is 0.321 e. The van der Waals surface area contributed by atoms with Gasteiger partial charge in [-0.15, -0.1) is 0 Å². The van der Waals surface area contributed by atoms with E-state index in [0.29, 0.717) is 6.54 Å². The third-order valence-electron chi connectivity index (χ3n) is 2.51. The molecule has 96 valence electrons. The van der Waals surface area contributed by atoms with E-state index >= 15 is 0 Å². The average molecular weight is 230 g/mol. The Morgan fingerprint density at radius 2 is 1.94 bits per heavy atom. The van der Waals surface area contributed by atoms with Crippen molar-refractivity contribution in [3.05, 3.63) is 0 Å². The van der Waals surface area contributed by atoms with E-state index in [1.54, 1.807) is 0 Å². The second-order valence-electron chi connectivity index (χ2n) is 3.66. The summed E-state index contributed by atoms with van der Waals surface area (Å²) in [6, 6.07) is 0. The standard InChI is InChI=1S/C8H14N2O2.2C2H6/c1-10-4-2-3-8(6-10)9-5-7(11)12-8;2*1-2/h9H,2-6H2,1H3;2*1-2H3. The van der Waals surface area contributed by atoms with Crippen LogP contribution in [-0.4, -0.2) is 43.3 Å². The topological polar surface area (TPSA) is 41.6 Å². The average Bonchev–Trinajstić information content (AvgIpc) is 2.65. The molecule has 2 fully saturated rings. The van der Waals surface area contributed by atoms with Crippen LogP contribution in [0.5, 0.6) is 0 Å². The lowest BCUT2D eigenvalue weighted by molar-refractivity contribution is -0.152. The van der Waals surface area contributed by atoms with Gasteiger partial charge in [-0.1, -0.05) is 27.7 Å². The minimum atomic E-state index is -0.357. The fourth-order valence-electron chi connectivity index (χ4n) is 1.98. The van der Waals surface area contributed by atoms with E-state index in [2.05, 4.69) is 17.3 Å². The molecule has 2 aliphatic rings. The predicted octanol–water partition coefficient (Wildman–Crippen LogP) is 1.61. The van der Waals surface area contributed by atoms with Crippen LogP contribution < -0.4 is 5.32 Å². The Morgan fingerprint density at radius 1 is 1.31 bits per heavy atom. The summed E-state index contributed by atoms with van der Waals surface area (Å²) in [6.07, 6.45) is 2.04. The van der Waals surface area contributed by atoms with Gasteiger partial charge in [0.15, 0.2) is 5.72 Å². The molecule has 1 atom stereocenters. The summed E-state index contributed by atoms with van der Waals surface area (Å²) in [4.78, 5) is 13.1. The Kier molecular flexibility index (Phi) is 7.34. The fourth-order valence-corrected chi connectivity index (χ4v) is 1.98. The molecular formula is C12H26N2O2. The molecule has 0 aromatic heterocycles. The van der Waals surface area contributed by atoms with E-state index < -0.39 is 0 Å². The van der Waals surface area contributed by atoms with Gasteiger partial charge < -0.3 is 9.64 Å². The number of carbonyl (C=O) groups excluding carboxylic acids is 1. The second-order valence-corrected chi connectivity index (χ2v) is 3.66. The van der Waals surface area contributed by atoms with Crippen LogP contribution in [0.4, 0.5) is 0 Å².